The van der Waals surface area contributed by atoms with Crippen molar-refractivity contribution in [1.82, 2.24) is 31.1 Å². The second-order valence-electron chi connectivity index (χ2n) is 9.50. The van der Waals surface area contributed by atoms with Crippen LogP contribution in [0.1, 0.15) is 24.0 Å². The van der Waals surface area contributed by atoms with Crippen molar-refractivity contribution in [3.63, 3.8) is 0 Å². The molecular weight excluding hydrogens is 513 g/mol. The number of halogens is 3. The number of carbonyl (C=O) groups is 3. The summed E-state index contributed by atoms with van der Waals surface area (Å²) in [6, 6.07) is 2.89. The van der Waals surface area contributed by atoms with Crippen molar-refractivity contribution >= 4 is 29.8 Å². The summed E-state index contributed by atoms with van der Waals surface area (Å²) < 4.78 is 44.2. The number of aliphatic hydroxyl groups is 1. The second-order valence-corrected chi connectivity index (χ2v) is 9.50. The average Bonchev–Trinajstić information content (AvgIpc) is 3.47. The molecule has 4 saturated heterocycles. The van der Waals surface area contributed by atoms with Crippen molar-refractivity contribution < 1.29 is 37.4 Å². The van der Waals surface area contributed by atoms with Gasteiger partial charge in [-0.2, -0.15) is 13.2 Å². The van der Waals surface area contributed by atoms with Crippen LogP contribution in [0.3, 0.4) is 0 Å². The molecule has 1 aromatic rings. The van der Waals surface area contributed by atoms with Crippen LogP contribution in [0.5, 0.6) is 0 Å². The molecule has 4 heterocycles. The van der Waals surface area contributed by atoms with Crippen molar-refractivity contribution in [2.24, 2.45) is 0 Å². The molecule has 4 unspecified atom stereocenters. The van der Waals surface area contributed by atoms with Crippen molar-refractivity contribution in [3.8, 4) is 0 Å². The molecule has 0 radical (unpaired) electrons. The minimum Gasteiger partial charge on any atom is -0.441 e. The summed E-state index contributed by atoms with van der Waals surface area (Å²) >= 11 is 0. The molecule has 1 aromatic carbocycles. The molecule has 5 atom stereocenters. The largest absolute Gasteiger partial charge is 0.441 e. The smallest absolute Gasteiger partial charge is 0.416 e. The Hall–Kier alpha value is -4.08. The highest BCUT2D eigenvalue weighted by Gasteiger charge is 2.67. The average molecular weight is 538 g/mol. The number of alkyl carbamates (subject to hydrolysis) is 1. The fourth-order valence-electron chi connectivity index (χ4n) is 5.45. The first-order valence-corrected chi connectivity index (χ1v) is 11.8. The normalized spacial score (nSPS) is 30.4. The number of nitrogens with one attached hydrogen (secondary N) is 6. The summed E-state index contributed by atoms with van der Waals surface area (Å²) in [5, 5.41) is 38.9. The zero-order valence-electron chi connectivity index (χ0n) is 19.8. The van der Waals surface area contributed by atoms with Crippen LogP contribution < -0.4 is 21.3 Å². The number of aliphatic hydroxyl groups excluding tert-OH is 1. The number of amides is 3. The highest BCUT2D eigenvalue weighted by Crippen LogP contribution is 2.39. The van der Waals surface area contributed by atoms with E-state index in [1.54, 1.807) is 0 Å². The van der Waals surface area contributed by atoms with Crippen LogP contribution in [0.2, 0.25) is 0 Å². The molecule has 5 rings (SSSR count). The number of ether oxygens (including phenoxy) is 1. The molecule has 4 aliphatic rings. The summed E-state index contributed by atoms with van der Waals surface area (Å²) in [5.41, 5.74) is -2.17. The highest BCUT2D eigenvalue weighted by atomic mass is 19.4. The Balaban J connectivity index is 1.29. The predicted octanol–water partition coefficient (Wildman–Crippen LogP) is -0.775. The topological polar surface area (TPSA) is 183 Å². The Kier molecular flexibility index (Phi) is 6.08. The SMILES string of the molecule is N=C1NC2C(CN3C(=O)CCC3=O)NC(=N)N3C[C@H](OC(=O)NCc4cccc(C(F)(F)F)c4)C(O)C23N1. The number of rotatable bonds is 5. The van der Waals surface area contributed by atoms with Crippen LogP contribution >= 0.6 is 0 Å². The number of hydrogen-bond acceptors (Lipinski definition) is 7. The van der Waals surface area contributed by atoms with E-state index >= 15 is 0 Å². The van der Waals surface area contributed by atoms with E-state index in [1.807, 2.05) is 0 Å². The quantitative estimate of drug-likeness (QED) is 0.237. The molecule has 0 saturated carbocycles. The lowest BCUT2D eigenvalue weighted by Gasteiger charge is -2.49. The summed E-state index contributed by atoms with van der Waals surface area (Å²) in [7, 11) is 0. The van der Waals surface area contributed by atoms with E-state index in [-0.39, 0.29) is 61.8 Å². The number of likely N-dealkylation sites (tertiary alicyclic amines) is 1. The van der Waals surface area contributed by atoms with Crippen LogP contribution in [-0.4, -0.2) is 87.8 Å². The van der Waals surface area contributed by atoms with Gasteiger partial charge in [-0.15, -0.1) is 0 Å². The van der Waals surface area contributed by atoms with Crippen LogP contribution in [0.25, 0.3) is 0 Å². The number of guanidine groups is 2. The molecule has 16 heteroatoms. The number of nitrogens with zero attached hydrogens (tertiary/aromatic N) is 2. The minimum absolute atomic E-state index is 0.0839. The molecular formula is C22H25F3N8O5. The van der Waals surface area contributed by atoms with Crippen molar-refractivity contribution in [1.29, 1.82) is 10.8 Å². The van der Waals surface area contributed by atoms with E-state index < -0.39 is 47.8 Å². The lowest BCUT2D eigenvalue weighted by atomic mass is 9.87. The predicted molar refractivity (Wildman–Crippen MR) is 122 cm³/mol. The molecule has 7 N–H and O–H groups in total. The third kappa shape index (κ3) is 4.23. The van der Waals surface area contributed by atoms with Gasteiger partial charge in [0.1, 0.15) is 6.10 Å². The van der Waals surface area contributed by atoms with E-state index in [4.69, 9.17) is 15.6 Å². The number of carbonyl (C=O) groups excluding carboxylic acids is 3. The zero-order chi connectivity index (χ0) is 27.4. The van der Waals surface area contributed by atoms with Gasteiger partial charge in [0.25, 0.3) is 0 Å². The van der Waals surface area contributed by atoms with Gasteiger partial charge >= 0.3 is 12.3 Å². The molecule has 38 heavy (non-hydrogen) atoms. The number of benzene rings is 1. The van der Waals surface area contributed by atoms with Gasteiger partial charge < -0.3 is 36.0 Å². The first-order chi connectivity index (χ1) is 17.9. The number of imide groups is 1. The lowest BCUT2D eigenvalue weighted by molar-refractivity contribution is -0.139. The van der Waals surface area contributed by atoms with Crippen molar-refractivity contribution in [2.45, 2.75) is 55.5 Å². The lowest BCUT2D eigenvalue weighted by Crippen LogP contribution is -2.78. The number of hydrogen-bond donors (Lipinski definition) is 7. The van der Waals surface area contributed by atoms with Gasteiger partial charge in [0, 0.05) is 19.4 Å². The van der Waals surface area contributed by atoms with Gasteiger partial charge in [0.05, 0.1) is 30.7 Å². The summed E-state index contributed by atoms with van der Waals surface area (Å²) in [6.45, 7) is -0.500. The van der Waals surface area contributed by atoms with Crippen LogP contribution in [0.15, 0.2) is 24.3 Å². The van der Waals surface area contributed by atoms with E-state index in [0.717, 1.165) is 17.0 Å². The van der Waals surface area contributed by atoms with Gasteiger partial charge in [0.15, 0.2) is 23.7 Å². The fraction of sp³-hybridized carbons (Fsp3) is 0.500. The third-order valence-corrected chi connectivity index (χ3v) is 7.19. The minimum atomic E-state index is -4.53. The van der Waals surface area contributed by atoms with Crippen LogP contribution in [0, 0.1) is 10.8 Å². The van der Waals surface area contributed by atoms with Crippen molar-refractivity contribution in [3.05, 3.63) is 35.4 Å². The first kappa shape index (κ1) is 25.6. The van der Waals surface area contributed by atoms with E-state index in [2.05, 4.69) is 21.3 Å². The Morgan fingerprint density at radius 3 is 2.61 bits per heavy atom. The maximum absolute atomic E-state index is 12.9. The molecule has 0 aliphatic carbocycles. The molecule has 0 aromatic heterocycles. The van der Waals surface area contributed by atoms with Gasteiger partial charge in [-0.25, -0.2) is 4.79 Å². The summed E-state index contributed by atoms with van der Waals surface area (Å²) in [5.74, 6) is -1.06. The fourth-order valence-corrected chi connectivity index (χ4v) is 5.45. The zero-order valence-corrected chi connectivity index (χ0v) is 19.8. The molecule has 4 aliphatic heterocycles. The second kappa shape index (κ2) is 9.04. The Morgan fingerprint density at radius 1 is 1.21 bits per heavy atom. The van der Waals surface area contributed by atoms with E-state index in [0.29, 0.717) is 0 Å². The first-order valence-electron chi connectivity index (χ1n) is 11.8. The van der Waals surface area contributed by atoms with Crippen molar-refractivity contribution in [2.75, 3.05) is 13.1 Å². The van der Waals surface area contributed by atoms with Crippen LogP contribution in [-0.2, 0) is 27.0 Å². The molecule has 13 nitrogen and oxygen atoms in total. The Morgan fingerprint density at radius 2 is 1.92 bits per heavy atom. The number of alkyl halides is 3. The standard InChI is InChI=1S/C22H25F3N8O5/c23-22(24,25)11-3-1-2-10(6-11)7-28-20(37)38-13-9-33-19(27)29-12(8-32-14(34)4-5-15(32)35)16-21(33,17(13)36)31-18(26)30-16/h1-3,6,12-13,16-17,36H,4-5,7-9H2,(H2,27,29)(H,28,37)(H3,26,30,31)/t12?,13-,16?,17?,21?/m0/s1. The van der Waals surface area contributed by atoms with Gasteiger partial charge in [-0.1, -0.05) is 12.1 Å². The highest BCUT2D eigenvalue weighted by molar-refractivity contribution is 6.02. The maximum Gasteiger partial charge on any atom is 0.416 e. The Bertz CT molecular complexity index is 1200. The molecule has 0 bridgehead atoms. The molecule has 3 amide bonds. The van der Waals surface area contributed by atoms with Crippen LogP contribution in [0.4, 0.5) is 18.0 Å². The summed E-state index contributed by atoms with van der Waals surface area (Å²) in [6.07, 6.45) is -8.01. The molecule has 4 fully saturated rings. The Labute approximate surface area is 213 Å². The van der Waals surface area contributed by atoms with E-state index in [1.165, 1.54) is 17.0 Å². The van der Waals surface area contributed by atoms with E-state index in [9.17, 15) is 32.7 Å². The summed E-state index contributed by atoms with van der Waals surface area (Å²) in [4.78, 5) is 39.3. The van der Waals surface area contributed by atoms with Gasteiger partial charge in [0.2, 0.25) is 11.8 Å². The monoisotopic (exact) mass is 538 g/mol. The molecule has 1 spiro atoms. The molecule has 204 valence electrons. The maximum atomic E-state index is 12.9. The van der Waals surface area contributed by atoms with Gasteiger partial charge in [-0.3, -0.25) is 25.3 Å². The van der Waals surface area contributed by atoms with Gasteiger partial charge in [-0.05, 0) is 17.7 Å². The third-order valence-electron chi connectivity index (χ3n) is 7.19.